The maximum absolute atomic E-state index is 11.7. The molecule has 0 saturated carbocycles. The van der Waals surface area contributed by atoms with Crippen LogP contribution in [-0.4, -0.2) is 32.5 Å². The first-order valence-electron chi connectivity index (χ1n) is 4.63. The van der Waals surface area contributed by atoms with Crippen molar-refractivity contribution >= 4 is 17.1 Å². The Balaban J connectivity index is 2.80. The van der Waals surface area contributed by atoms with Crippen molar-refractivity contribution in [2.45, 2.75) is 32.1 Å². The number of carbonyl (C=O) groups excluding carboxylic acids is 1. The Bertz CT molecular complexity index is 277. The molecular formula is C9H15NO3S. The summed E-state index contributed by atoms with van der Waals surface area (Å²) < 4.78 is 17.8. The Hall–Kier alpha value is -0.840. The van der Waals surface area contributed by atoms with Crippen LogP contribution in [0, 0.1) is 0 Å². The van der Waals surface area contributed by atoms with E-state index in [4.69, 9.17) is 4.74 Å². The van der Waals surface area contributed by atoms with Crippen molar-refractivity contribution in [3.05, 3.63) is 12.2 Å². The predicted molar refractivity (Wildman–Crippen MR) is 55.1 cm³/mol. The Morgan fingerprint density at radius 3 is 2.71 bits per heavy atom. The van der Waals surface area contributed by atoms with E-state index in [2.05, 4.69) is 0 Å². The Labute approximate surface area is 86.5 Å². The van der Waals surface area contributed by atoms with Gasteiger partial charge in [0.1, 0.15) is 11.0 Å². The molecule has 1 amide bonds. The molecule has 1 aliphatic rings. The molecule has 14 heavy (non-hydrogen) atoms. The van der Waals surface area contributed by atoms with Crippen LogP contribution in [0.25, 0.3) is 0 Å². The molecule has 1 aliphatic heterocycles. The fourth-order valence-electron chi connectivity index (χ4n) is 1.23. The van der Waals surface area contributed by atoms with Gasteiger partial charge in [-0.3, -0.25) is 0 Å². The zero-order valence-electron chi connectivity index (χ0n) is 8.60. The van der Waals surface area contributed by atoms with Crippen molar-refractivity contribution in [2.24, 2.45) is 0 Å². The third-order valence-electron chi connectivity index (χ3n) is 1.99. The molecular weight excluding hydrogens is 202 g/mol. The largest absolute Gasteiger partial charge is 0.449 e. The number of amides is 1. The third kappa shape index (κ3) is 2.15. The van der Waals surface area contributed by atoms with Crippen molar-refractivity contribution in [1.29, 1.82) is 0 Å². The second-order valence-electron chi connectivity index (χ2n) is 3.13. The van der Waals surface area contributed by atoms with Crippen LogP contribution in [0.2, 0.25) is 0 Å². The van der Waals surface area contributed by atoms with Crippen LogP contribution in [-0.2, 0) is 15.7 Å². The summed E-state index contributed by atoms with van der Waals surface area (Å²) in [6.07, 6.45) is 3.22. The average Bonchev–Trinajstić information content (AvgIpc) is 2.13. The van der Waals surface area contributed by atoms with E-state index in [-0.39, 0.29) is 11.3 Å². The van der Waals surface area contributed by atoms with Crippen molar-refractivity contribution < 1.29 is 13.7 Å². The summed E-state index contributed by atoms with van der Waals surface area (Å²) in [4.78, 5) is 11.4. The zero-order chi connectivity index (χ0) is 10.7. The second-order valence-corrected chi connectivity index (χ2v) is 4.82. The molecule has 1 heterocycles. The summed E-state index contributed by atoms with van der Waals surface area (Å²) in [7, 11) is -1.31. The first kappa shape index (κ1) is 11.2. The first-order chi connectivity index (χ1) is 6.57. The molecule has 0 spiro atoms. The maximum atomic E-state index is 11.7. The van der Waals surface area contributed by atoms with Gasteiger partial charge in [0.25, 0.3) is 0 Å². The molecule has 0 saturated heterocycles. The van der Waals surface area contributed by atoms with Gasteiger partial charge in [-0.15, -0.1) is 0 Å². The molecule has 0 aliphatic carbocycles. The molecule has 3 unspecified atom stereocenters. The molecule has 0 aromatic heterocycles. The van der Waals surface area contributed by atoms with Gasteiger partial charge in [0.15, 0.2) is 0 Å². The highest BCUT2D eigenvalue weighted by Gasteiger charge is 2.31. The summed E-state index contributed by atoms with van der Waals surface area (Å²) in [6, 6.07) is -0.161. The highest BCUT2D eigenvalue weighted by atomic mass is 32.2. The predicted octanol–water partition coefficient (Wildman–Crippen LogP) is 1.46. The van der Waals surface area contributed by atoms with Crippen LogP contribution in [0.15, 0.2) is 12.2 Å². The second kappa shape index (κ2) is 4.59. The van der Waals surface area contributed by atoms with Crippen LogP contribution < -0.4 is 0 Å². The topological polar surface area (TPSA) is 46.6 Å². The van der Waals surface area contributed by atoms with E-state index < -0.39 is 17.1 Å². The maximum Gasteiger partial charge on any atom is 0.422 e. The zero-order valence-corrected chi connectivity index (χ0v) is 9.41. The summed E-state index contributed by atoms with van der Waals surface area (Å²) in [6.45, 7) is 5.66. The standard InChI is InChI=1S/C9H15NO3S/c1-4-13-9(11)10-7(2)5-6-8(3)14(10)12/h5-8H,4H2,1-3H3. The highest BCUT2D eigenvalue weighted by Crippen LogP contribution is 2.17. The number of hydrogen-bond acceptors (Lipinski definition) is 3. The number of ether oxygens (including phenoxy) is 1. The molecule has 0 fully saturated rings. The summed E-state index contributed by atoms with van der Waals surface area (Å²) in [5, 5.41) is -0.129. The summed E-state index contributed by atoms with van der Waals surface area (Å²) >= 11 is 0. The molecule has 0 aromatic rings. The van der Waals surface area contributed by atoms with Gasteiger partial charge in [0.2, 0.25) is 0 Å². The smallest absolute Gasteiger partial charge is 0.422 e. The SMILES string of the molecule is CCOC(=O)N1C(C)C=CC(C)S1=O. The monoisotopic (exact) mass is 217 g/mol. The molecule has 80 valence electrons. The Morgan fingerprint density at radius 2 is 2.14 bits per heavy atom. The average molecular weight is 217 g/mol. The molecule has 4 nitrogen and oxygen atoms in total. The van der Waals surface area contributed by atoms with Gasteiger partial charge in [0, 0.05) is 0 Å². The fourth-order valence-corrected chi connectivity index (χ4v) is 2.41. The van der Waals surface area contributed by atoms with Crippen molar-refractivity contribution in [1.82, 2.24) is 4.31 Å². The minimum atomic E-state index is -1.31. The van der Waals surface area contributed by atoms with Gasteiger partial charge in [-0.25, -0.2) is 13.3 Å². The van der Waals surface area contributed by atoms with Crippen LogP contribution in [0.4, 0.5) is 4.79 Å². The highest BCUT2D eigenvalue weighted by molar-refractivity contribution is 7.84. The number of rotatable bonds is 1. The lowest BCUT2D eigenvalue weighted by Gasteiger charge is -2.30. The van der Waals surface area contributed by atoms with Gasteiger partial charge in [-0.2, -0.15) is 0 Å². The first-order valence-corrected chi connectivity index (χ1v) is 5.80. The van der Waals surface area contributed by atoms with Crippen LogP contribution in [0.5, 0.6) is 0 Å². The normalized spacial score (nSPS) is 31.6. The molecule has 0 N–H and O–H groups in total. The number of nitrogens with zero attached hydrogens (tertiary/aromatic N) is 1. The Kier molecular flexibility index (Phi) is 3.69. The Morgan fingerprint density at radius 1 is 1.50 bits per heavy atom. The lowest BCUT2D eigenvalue weighted by atomic mass is 10.3. The van der Waals surface area contributed by atoms with Crippen molar-refractivity contribution in [3.8, 4) is 0 Å². The fraction of sp³-hybridized carbons (Fsp3) is 0.667. The number of hydrogen-bond donors (Lipinski definition) is 0. The third-order valence-corrected chi connectivity index (χ3v) is 3.65. The van der Waals surface area contributed by atoms with Gasteiger partial charge >= 0.3 is 6.09 Å². The van der Waals surface area contributed by atoms with E-state index in [1.54, 1.807) is 6.92 Å². The van der Waals surface area contributed by atoms with Gasteiger partial charge in [-0.1, -0.05) is 12.2 Å². The molecule has 0 bridgehead atoms. The van der Waals surface area contributed by atoms with E-state index in [1.165, 1.54) is 4.31 Å². The molecule has 0 radical (unpaired) electrons. The van der Waals surface area contributed by atoms with Crippen LogP contribution >= 0.6 is 0 Å². The minimum absolute atomic E-state index is 0.129. The van der Waals surface area contributed by atoms with Gasteiger partial charge < -0.3 is 4.74 Å². The van der Waals surface area contributed by atoms with E-state index in [0.29, 0.717) is 6.61 Å². The van der Waals surface area contributed by atoms with Crippen LogP contribution in [0.1, 0.15) is 20.8 Å². The van der Waals surface area contributed by atoms with Crippen molar-refractivity contribution in [2.75, 3.05) is 6.61 Å². The molecule has 1 rings (SSSR count). The molecule has 5 heteroatoms. The van der Waals surface area contributed by atoms with Gasteiger partial charge in [-0.05, 0) is 20.8 Å². The number of carbonyl (C=O) groups is 1. The van der Waals surface area contributed by atoms with E-state index in [9.17, 15) is 9.00 Å². The van der Waals surface area contributed by atoms with Crippen LogP contribution in [0.3, 0.4) is 0 Å². The van der Waals surface area contributed by atoms with E-state index in [0.717, 1.165) is 0 Å². The van der Waals surface area contributed by atoms with Gasteiger partial charge in [0.05, 0.1) is 17.9 Å². The minimum Gasteiger partial charge on any atom is -0.449 e. The quantitative estimate of drug-likeness (QED) is 0.625. The summed E-state index contributed by atoms with van der Waals surface area (Å²) in [5.74, 6) is 0. The lowest BCUT2D eigenvalue weighted by Crippen LogP contribution is -2.44. The lowest BCUT2D eigenvalue weighted by molar-refractivity contribution is 0.128. The van der Waals surface area contributed by atoms with Crippen molar-refractivity contribution in [3.63, 3.8) is 0 Å². The molecule has 0 aromatic carbocycles. The molecule has 3 atom stereocenters. The summed E-state index contributed by atoms with van der Waals surface area (Å²) in [5.41, 5.74) is 0. The van der Waals surface area contributed by atoms with E-state index in [1.807, 2.05) is 26.0 Å². The van der Waals surface area contributed by atoms with E-state index >= 15 is 0 Å².